The van der Waals surface area contributed by atoms with Crippen LogP contribution in [0.1, 0.15) is 37.8 Å². The van der Waals surface area contributed by atoms with Crippen molar-refractivity contribution in [3.63, 3.8) is 0 Å². The molecule has 0 radical (unpaired) electrons. The molecule has 1 N–H and O–H groups in total. The Hall–Kier alpha value is -1.22. The van der Waals surface area contributed by atoms with Gasteiger partial charge in [-0.15, -0.1) is 0 Å². The minimum absolute atomic E-state index is 0.392. The molecule has 1 atom stereocenters. The molecule has 0 bridgehead atoms. The van der Waals surface area contributed by atoms with Crippen LogP contribution in [0, 0.1) is 5.92 Å². The molecule has 18 heavy (non-hydrogen) atoms. The van der Waals surface area contributed by atoms with Crippen molar-refractivity contribution in [1.82, 2.24) is 5.32 Å². The number of rotatable bonds is 7. The summed E-state index contributed by atoms with van der Waals surface area (Å²) in [7, 11) is 3.40. The van der Waals surface area contributed by atoms with Crippen molar-refractivity contribution in [2.24, 2.45) is 5.92 Å². The minimum atomic E-state index is 0.392. The Morgan fingerprint density at radius 3 is 2.61 bits per heavy atom. The van der Waals surface area contributed by atoms with E-state index in [1.807, 2.05) is 12.1 Å². The maximum atomic E-state index is 5.50. The van der Waals surface area contributed by atoms with E-state index in [4.69, 9.17) is 9.47 Å². The summed E-state index contributed by atoms with van der Waals surface area (Å²) in [4.78, 5) is 0. The minimum Gasteiger partial charge on any atom is -0.497 e. The zero-order valence-corrected chi connectivity index (χ0v) is 11.5. The lowest BCUT2D eigenvalue weighted by atomic mass is 10.00. The average molecular weight is 249 g/mol. The highest BCUT2D eigenvalue weighted by atomic mass is 16.5. The third-order valence-electron chi connectivity index (χ3n) is 3.53. The second-order valence-corrected chi connectivity index (χ2v) is 4.90. The monoisotopic (exact) mass is 249 g/mol. The molecule has 1 aliphatic carbocycles. The molecule has 3 heteroatoms. The van der Waals surface area contributed by atoms with Gasteiger partial charge in [0, 0.05) is 17.7 Å². The first-order chi connectivity index (χ1) is 8.78. The molecule has 1 fully saturated rings. The second kappa shape index (κ2) is 6.10. The lowest BCUT2D eigenvalue weighted by Gasteiger charge is -2.21. The van der Waals surface area contributed by atoms with Gasteiger partial charge in [-0.05, 0) is 24.9 Å². The molecule has 0 saturated heterocycles. The summed E-state index contributed by atoms with van der Waals surface area (Å²) in [5.41, 5.74) is 1.24. The Balaban J connectivity index is 2.20. The van der Waals surface area contributed by atoms with E-state index in [2.05, 4.69) is 18.3 Å². The topological polar surface area (TPSA) is 30.5 Å². The normalized spacial score (nSPS) is 16.4. The van der Waals surface area contributed by atoms with Gasteiger partial charge >= 0.3 is 0 Å². The summed E-state index contributed by atoms with van der Waals surface area (Å²) >= 11 is 0. The molecule has 0 amide bonds. The standard InChI is InChI=1S/C15H23NO2/c1-4-16-14(9-11-5-6-11)13-8-7-12(17-2)10-15(13)18-3/h7-8,10-11,14,16H,4-6,9H2,1-3H3. The highest BCUT2D eigenvalue weighted by Crippen LogP contribution is 2.40. The van der Waals surface area contributed by atoms with Crippen molar-refractivity contribution in [2.45, 2.75) is 32.2 Å². The van der Waals surface area contributed by atoms with Gasteiger partial charge < -0.3 is 14.8 Å². The fraction of sp³-hybridized carbons (Fsp3) is 0.600. The summed E-state index contributed by atoms with van der Waals surface area (Å²) in [6.07, 6.45) is 3.96. The molecule has 1 aliphatic rings. The number of methoxy groups -OCH3 is 2. The predicted octanol–water partition coefficient (Wildman–Crippen LogP) is 3.15. The first-order valence-electron chi connectivity index (χ1n) is 6.73. The van der Waals surface area contributed by atoms with Gasteiger partial charge in [-0.2, -0.15) is 0 Å². The van der Waals surface area contributed by atoms with E-state index in [9.17, 15) is 0 Å². The Bertz CT molecular complexity index is 388. The number of ether oxygens (including phenoxy) is 2. The largest absolute Gasteiger partial charge is 0.497 e. The summed E-state index contributed by atoms with van der Waals surface area (Å²) in [6, 6.07) is 6.48. The average Bonchev–Trinajstić information content (AvgIpc) is 3.21. The van der Waals surface area contributed by atoms with Gasteiger partial charge in [0.2, 0.25) is 0 Å². The van der Waals surface area contributed by atoms with Crippen LogP contribution in [0.2, 0.25) is 0 Å². The molecule has 0 aliphatic heterocycles. The van der Waals surface area contributed by atoms with Gasteiger partial charge in [-0.25, -0.2) is 0 Å². The Morgan fingerprint density at radius 1 is 1.28 bits per heavy atom. The highest BCUT2D eigenvalue weighted by Gasteiger charge is 2.27. The van der Waals surface area contributed by atoms with Crippen molar-refractivity contribution < 1.29 is 9.47 Å². The summed E-state index contributed by atoms with van der Waals surface area (Å²) in [6.45, 7) is 3.13. The molecular formula is C15H23NO2. The lowest BCUT2D eigenvalue weighted by molar-refractivity contribution is 0.380. The van der Waals surface area contributed by atoms with E-state index in [0.29, 0.717) is 6.04 Å². The van der Waals surface area contributed by atoms with Crippen molar-refractivity contribution in [2.75, 3.05) is 20.8 Å². The number of nitrogens with one attached hydrogen (secondary N) is 1. The van der Waals surface area contributed by atoms with Crippen LogP contribution in [-0.2, 0) is 0 Å². The molecule has 2 rings (SSSR count). The van der Waals surface area contributed by atoms with Crippen LogP contribution >= 0.6 is 0 Å². The van der Waals surface area contributed by atoms with E-state index in [1.165, 1.54) is 24.8 Å². The number of hydrogen-bond donors (Lipinski definition) is 1. The maximum Gasteiger partial charge on any atom is 0.127 e. The molecule has 0 heterocycles. The van der Waals surface area contributed by atoms with Crippen LogP contribution in [-0.4, -0.2) is 20.8 Å². The molecule has 1 aromatic rings. The van der Waals surface area contributed by atoms with Crippen molar-refractivity contribution in [3.8, 4) is 11.5 Å². The van der Waals surface area contributed by atoms with Crippen LogP contribution in [0.15, 0.2) is 18.2 Å². The van der Waals surface area contributed by atoms with E-state index in [0.717, 1.165) is 24.0 Å². The van der Waals surface area contributed by atoms with Crippen molar-refractivity contribution in [1.29, 1.82) is 0 Å². The van der Waals surface area contributed by atoms with Gasteiger partial charge in [0.25, 0.3) is 0 Å². The van der Waals surface area contributed by atoms with Crippen LogP contribution in [0.5, 0.6) is 11.5 Å². The van der Waals surface area contributed by atoms with Crippen LogP contribution in [0.3, 0.4) is 0 Å². The highest BCUT2D eigenvalue weighted by molar-refractivity contribution is 5.42. The third-order valence-corrected chi connectivity index (χ3v) is 3.53. The second-order valence-electron chi connectivity index (χ2n) is 4.90. The van der Waals surface area contributed by atoms with E-state index in [-0.39, 0.29) is 0 Å². The van der Waals surface area contributed by atoms with Crippen LogP contribution < -0.4 is 14.8 Å². The van der Waals surface area contributed by atoms with E-state index in [1.54, 1.807) is 14.2 Å². The SMILES string of the molecule is CCNC(CC1CC1)c1ccc(OC)cc1OC. The molecule has 0 aromatic heterocycles. The van der Waals surface area contributed by atoms with E-state index < -0.39 is 0 Å². The van der Waals surface area contributed by atoms with Gasteiger partial charge in [0.1, 0.15) is 11.5 Å². The zero-order chi connectivity index (χ0) is 13.0. The quantitative estimate of drug-likeness (QED) is 0.805. The first kappa shape index (κ1) is 13.2. The Kier molecular flexibility index (Phi) is 4.48. The molecule has 0 spiro atoms. The maximum absolute atomic E-state index is 5.50. The zero-order valence-electron chi connectivity index (χ0n) is 11.5. The fourth-order valence-electron chi connectivity index (χ4n) is 2.36. The third kappa shape index (κ3) is 3.16. The summed E-state index contributed by atoms with van der Waals surface area (Å²) < 4.78 is 10.7. The Labute approximate surface area is 109 Å². The molecule has 3 nitrogen and oxygen atoms in total. The molecular weight excluding hydrogens is 226 g/mol. The molecule has 1 saturated carbocycles. The smallest absolute Gasteiger partial charge is 0.127 e. The molecule has 1 unspecified atom stereocenters. The van der Waals surface area contributed by atoms with Gasteiger partial charge in [0.05, 0.1) is 14.2 Å². The van der Waals surface area contributed by atoms with Crippen LogP contribution in [0.4, 0.5) is 0 Å². The fourth-order valence-corrected chi connectivity index (χ4v) is 2.36. The lowest BCUT2D eigenvalue weighted by Crippen LogP contribution is -2.22. The first-order valence-corrected chi connectivity index (χ1v) is 6.73. The van der Waals surface area contributed by atoms with Crippen molar-refractivity contribution >= 4 is 0 Å². The molecule has 100 valence electrons. The summed E-state index contributed by atoms with van der Waals surface area (Å²) in [5, 5.41) is 3.56. The van der Waals surface area contributed by atoms with Crippen LogP contribution in [0.25, 0.3) is 0 Å². The van der Waals surface area contributed by atoms with E-state index >= 15 is 0 Å². The Morgan fingerprint density at radius 2 is 2.06 bits per heavy atom. The number of hydrogen-bond acceptors (Lipinski definition) is 3. The molecule has 1 aromatic carbocycles. The number of benzene rings is 1. The van der Waals surface area contributed by atoms with Gasteiger partial charge in [0.15, 0.2) is 0 Å². The van der Waals surface area contributed by atoms with Gasteiger partial charge in [-0.3, -0.25) is 0 Å². The predicted molar refractivity (Wildman–Crippen MR) is 73.3 cm³/mol. The summed E-state index contributed by atoms with van der Waals surface area (Å²) in [5.74, 6) is 2.65. The van der Waals surface area contributed by atoms with Crippen molar-refractivity contribution in [3.05, 3.63) is 23.8 Å². The van der Waals surface area contributed by atoms with Gasteiger partial charge in [-0.1, -0.05) is 25.8 Å².